The summed E-state index contributed by atoms with van der Waals surface area (Å²) < 4.78 is 0. The first-order chi connectivity index (χ1) is 10.1. The minimum atomic E-state index is 0.109. The van der Waals surface area contributed by atoms with Crippen molar-refractivity contribution >= 4 is 11.9 Å². The molecule has 0 aromatic rings. The van der Waals surface area contributed by atoms with Crippen molar-refractivity contribution in [3.8, 4) is 0 Å². The molecule has 2 atom stereocenters. The predicted molar refractivity (Wildman–Crippen MR) is 80.0 cm³/mol. The summed E-state index contributed by atoms with van der Waals surface area (Å²) in [5.74, 6) is 0.109. The van der Waals surface area contributed by atoms with Gasteiger partial charge in [0.15, 0.2) is 0 Å². The number of carbonyl (C=O) groups excluding carboxylic acids is 2. The van der Waals surface area contributed by atoms with Crippen LogP contribution >= 0.6 is 0 Å². The molecular formula is C15H26N4O2. The maximum absolute atomic E-state index is 12.7. The van der Waals surface area contributed by atoms with Gasteiger partial charge in [0.1, 0.15) is 0 Å². The monoisotopic (exact) mass is 294 g/mol. The summed E-state index contributed by atoms with van der Waals surface area (Å²) in [7, 11) is 0. The Morgan fingerprint density at radius 1 is 1.00 bits per heavy atom. The topological polar surface area (TPSA) is 47.1 Å². The van der Waals surface area contributed by atoms with Crippen molar-refractivity contribution in [2.24, 2.45) is 0 Å². The van der Waals surface area contributed by atoms with Gasteiger partial charge in [-0.1, -0.05) is 6.92 Å². The predicted octanol–water partition coefficient (Wildman–Crippen LogP) is 0.439. The summed E-state index contributed by atoms with van der Waals surface area (Å²) in [6.45, 7) is 9.70. The van der Waals surface area contributed by atoms with Crippen LogP contribution in [0.15, 0.2) is 0 Å². The number of fused-ring (bicyclic) bond motifs is 2. The van der Waals surface area contributed by atoms with Gasteiger partial charge in [-0.05, 0) is 19.4 Å². The summed E-state index contributed by atoms with van der Waals surface area (Å²) in [5, 5.41) is 0. The van der Waals surface area contributed by atoms with Crippen LogP contribution in [0.1, 0.15) is 26.7 Å². The zero-order valence-electron chi connectivity index (χ0n) is 13.1. The number of nitrogens with zero attached hydrogens (tertiary/aromatic N) is 4. The Morgan fingerprint density at radius 2 is 1.57 bits per heavy atom. The molecule has 0 radical (unpaired) electrons. The number of urea groups is 1. The minimum absolute atomic E-state index is 0.109. The van der Waals surface area contributed by atoms with Crippen molar-refractivity contribution in [3.63, 3.8) is 0 Å². The molecule has 2 unspecified atom stereocenters. The first-order valence-corrected chi connectivity index (χ1v) is 8.15. The second kappa shape index (κ2) is 5.83. The smallest absolute Gasteiger partial charge is 0.320 e. The Labute approximate surface area is 126 Å². The molecule has 4 fully saturated rings. The maximum atomic E-state index is 12.7. The Morgan fingerprint density at radius 3 is 2.10 bits per heavy atom. The fourth-order valence-electron chi connectivity index (χ4n) is 3.88. The number of amides is 3. The molecule has 4 saturated heterocycles. The number of piperidine rings is 1. The van der Waals surface area contributed by atoms with Crippen molar-refractivity contribution < 1.29 is 9.59 Å². The third kappa shape index (κ3) is 2.73. The van der Waals surface area contributed by atoms with E-state index in [9.17, 15) is 9.59 Å². The lowest BCUT2D eigenvalue weighted by Crippen LogP contribution is -2.72. The maximum Gasteiger partial charge on any atom is 0.320 e. The van der Waals surface area contributed by atoms with Crippen LogP contribution in [-0.4, -0.2) is 89.4 Å². The van der Waals surface area contributed by atoms with E-state index in [2.05, 4.69) is 16.7 Å². The molecule has 0 aromatic carbocycles. The molecule has 0 aliphatic carbocycles. The van der Waals surface area contributed by atoms with Gasteiger partial charge in [-0.25, -0.2) is 4.79 Å². The summed E-state index contributed by atoms with van der Waals surface area (Å²) >= 11 is 0. The van der Waals surface area contributed by atoms with Crippen LogP contribution in [0.5, 0.6) is 0 Å². The van der Waals surface area contributed by atoms with Gasteiger partial charge < -0.3 is 14.7 Å². The van der Waals surface area contributed by atoms with Crippen molar-refractivity contribution in [3.05, 3.63) is 0 Å². The number of piperazine rings is 2. The van der Waals surface area contributed by atoms with Gasteiger partial charge in [0.05, 0.1) is 0 Å². The van der Waals surface area contributed by atoms with E-state index in [1.807, 2.05) is 9.80 Å². The lowest BCUT2D eigenvalue weighted by Gasteiger charge is -2.57. The van der Waals surface area contributed by atoms with Crippen LogP contribution in [0, 0.1) is 0 Å². The van der Waals surface area contributed by atoms with E-state index < -0.39 is 0 Å². The number of rotatable bonds is 2. The van der Waals surface area contributed by atoms with E-state index >= 15 is 0 Å². The number of hydrogen-bond donors (Lipinski definition) is 0. The highest BCUT2D eigenvalue weighted by atomic mass is 16.2. The molecule has 0 N–H and O–H groups in total. The Bertz CT molecular complexity index is 408. The Hall–Kier alpha value is -1.30. The van der Waals surface area contributed by atoms with E-state index in [1.54, 1.807) is 6.92 Å². The largest absolute Gasteiger partial charge is 0.339 e. The molecule has 21 heavy (non-hydrogen) atoms. The normalized spacial score (nSPS) is 29.3. The molecule has 0 aromatic heterocycles. The zero-order valence-corrected chi connectivity index (χ0v) is 13.1. The molecular weight excluding hydrogens is 268 g/mol. The van der Waals surface area contributed by atoms with Crippen LogP contribution in [-0.2, 0) is 4.79 Å². The molecule has 3 amide bonds. The van der Waals surface area contributed by atoms with Crippen molar-refractivity contribution in [2.45, 2.75) is 38.8 Å². The third-order valence-electron chi connectivity index (χ3n) is 5.03. The van der Waals surface area contributed by atoms with E-state index in [0.29, 0.717) is 38.3 Å². The standard InChI is InChI=1S/C15H26N4O2/c1-3-4-16-10-13-9-14(11-16)19(13)15(21)18-7-5-17(6-8-18)12(2)20/h13-14H,3-11H2,1-2H3. The third-order valence-corrected chi connectivity index (χ3v) is 5.03. The fraction of sp³-hybridized carbons (Fsp3) is 0.867. The molecule has 6 nitrogen and oxygen atoms in total. The van der Waals surface area contributed by atoms with Crippen molar-refractivity contribution in [2.75, 3.05) is 45.8 Å². The van der Waals surface area contributed by atoms with Gasteiger partial charge in [-0.3, -0.25) is 9.69 Å². The molecule has 0 spiro atoms. The first-order valence-electron chi connectivity index (χ1n) is 8.15. The fourth-order valence-corrected chi connectivity index (χ4v) is 3.88. The molecule has 4 aliphatic heterocycles. The van der Waals surface area contributed by atoms with Crippen LogP contribution in [0.2, 0.25) is 0 Å². The Kier molecular flexibility index (Phi) is 4.06. The summed E-state index contributed by atoms with van der Waals surface area (Å²) in [4.78, 5) is 32.3. The molecule has 6 heteroatoms. The molecule has 4 heterocycles. The zero-order chi connectivity index (χ0) is 15.0. The quantitative estimate of drug-likeness (QED) is 0.742. The van der Waals surface area contributed by atoms with Gasteiger partial charge in [-0.15, -0.1) is 0 Å². The average Bonchev–Trinajstić information content (AvgIpc) is 2.47. The van der Waals surface area contributed by atoms with Crippen molar-refractivity contribution in [1.82, 2.24) is 19.6 Å². The van der Waals surface area contributed by atoms with E-state index in [4.69, 9.17) is 0 Å². The first kappa shape index (κ1) is 14.6. The lowest BCUT2D eigenvalue weighted by atomic mass is 9.87. The van der Waals surface area contributed by atoms with E-state index in [0.717, 1.165) is 19.6 Å². The Balaban J connectivity index is 1.53. The molecule has 2 bridgehead atoms. The van der Waals surface area contributed by atoms with E-state index in [-0.39, 0.29) is 11.9 Å². The highest BCUT2D eigenvalue weighted by Gasteiger charge is 2.48. The molecule has 4 rings (SSSR count). The SMILES string of the molecule is CCCN1CC2CC(C1)N2C(=O)N1CCN(C(C)=O)CC1. The second-order valence-corrected chi connectivity index (χ2v) is 6.49. The van der Waals surface area contributed by atoms with Crippen LogP contribution in [0.3, 0.4) is 0 Å². The number of hydrogen-bond acceptors (Lipinski definition) is 3. The highest BCUT2D eigenvalue weighted by Crippen LogP contribution is 2.33. The highest BCUT2D eigenvalue weighted by molar-refractivity contribution is 5.77. The van der Waals surface area contributed by atoms with Gasteiger partial charge in [-0.2, -0.15) is 0 Å². The lowest BCUT2D eigenvalue weighted by molar-refractivity contribution is -0.130. The van der Waals surface area contributed by atoms with E-state index in [1.165, 1.54) is 12.8 Å². The van der Waals surface area contributed by atoms with Gasteiger partial charge in [0, 0.05) is 58.3 Å². The van der Waals surface area contributed by atoms with Gasteiger partial charge in [0.2, 0.25) is 5.91 Å². The molecule has 4 aliphatic rings. The van der Waals surface area contributed by atoms with Crippen LogP contribution < -0.4 is 0 Å². The summed E-state index contributed by atoms with van der Waals surface area (Å²) in [5.41, 5.74) is 0. The van der Waals surface area contributed by atoms with Crippen molar-refractivity contribution in [1.29, 1.82) is 0 Å². The van der Waals surface area contributed by atoms with Gasteiger partial charge >= 0.3 is 6.03 Å². The van der Waals surface area contributed by atoms with Crippen LogP contribution in [0.4, 0.5) is 4.79 Å². The molecule has 118 valence electrons. The summed E-state index contributed by atoms with van der Waals surface area (Å²) in [6, 6.07) is 1.01. The second-order valence-electron chi connectivity index (χ2n) is 6.49. The van der Waals surface area contributed by atoms with Crippen LogP contribution in [0.25, 0.3) is 0 Å². The number of carbonyl (C=O) groups is 2. The van der Waals surface area contributed by atoms with Gasteiger partial charge in [0.25, 0.3) is 0 Å². The average molecular weight is 294 g/mol. The molecule has 0 saturated carbocycles. The summed E-state index contributed by atoms with van der Waals surface area (Å²) in [6.07, 6.45) is 2.35. The minimum Gasteiger partial charge on any atom is -0.339 e.